The molecule has 6 heteroatoms. The molecule has 0 bridgehead atoms. The number of ether oxygens (including phenoxy) is 1. The summed E-state index contributed by atoms with van der Waals surface area (Å²) in [5.74, 6) is 0.616. The lowest BCUT2D eigenvalue weighted by atomic mass is 10.1. The number of nitrogens with one attached hydrogen (secondary N) is 2. The van der Waals surface area contributed by atoms with Gasteiger partial charge >= 0.3 is 0 Å². The molecule has 2 N–H and O–H groups in total. The summed E-state index contributed by atoms with van der Waals surface area (Å²) in [6.45, 7) is 6.44. The van der Waals surface area contributed by atoms with Crippen LogP contribution in [0.4, 0.5) is 10.8 Å². The van der Waals surface area contributed by atoms with Crippen LogP contribution in [0.25, 0.3) is 0 Å². The molecule has 140 valence electrons. The number of anilines is 2. The van der Waals surface area contributed by atoms with Gasteiger partial charge in [-0.15, -0.1) is 0 Å². The molecule has 1 aromatic heterocycles. The molecule has 0 saturated heterocycles. The number of carbonyl (C=O) groups excluding carboxylic acids is 1. The summed E-state index contributed by atoms with van der Waals surface area (Å²) in [7, 11) is 1.62. The van der Waals surface area contributed by atoms with Gasteiger partial charge in [0.2, 0.25) is 0 Å². The number of methoxy groups -OCH3 is 1. The van der Waals surface area contributed by atoms with Gasteiger partial charge in [-0.05, 0) is 44.0 Å². The maximum atomic E-state index is 12.6. The summed E-state index contributed by atoms with van der Waals surface area (Å²) in [5.41, 5.74) is 4.99. The number of amides is 1. The summed E-state index contributed by atoms with van der Waals surface area (Å²) in [6, 6.07) is 13.9. The van der Waals surface area contributed by atoms with Gasteiger partial charge in [0.15, 0.2) is 5.13 Å². The number of para-hydroxylation sites is 2. The average molecular weight is 382 g/mol. The molecule has 5 nitrogen and oxygen atoms in total. The van der Waals surface area contributed by atoms with Crippen molar-refractivity contribution in [2.75, 3.05) is 12.4 Å². The Morgan fingerprint density at radius 1 is 1.15 bits per heavy atom. The highest BCUT2D eigenvalue weighted by Crippen LogP contribution is 2.30. The number of benzene rings is 2. The molecule has 0 saturated carbocycles. The van der Waals surface area contributed by atoms with Crippen LogP contribution in [0.5, 0.6) is 5.75 Å². The molecule has 27 heavy (non-hydrogen) atoms. The Balaban J connectivity index is 1.72. The zero-order valence-electron chi connectivity index (χ0n) is 15.9. The van der Waals surface area contributed by atoms with Gasteiger partial charge < -0.3 is 15.4 Å². The minimum Gasteiger partial charge on any atom is -0.495 e. The molecule has 1 heterocycles. The minimum absolute atomic E-state index is 0.112. The van der Waals surface area contributed by atoms with E-state index in [2.05, 4.69) is 33.8 Å². The lowest BCUT2D eigenvalue weighted by Crippen LogP contribution is -2.23. The highest BCUT2D eigenvalue weighted by Gasteiger charge is 2.16. The van der Waals surface area contributed by atoms with Crippen LogP contribution >= 0.6 is 11.3 Å². The second kappa shape index (κ2) is 8.22. The van der Waals surface area contributed by atoms with Crippen molar-refractivity contribution in [3.8, 4) is 5.75 Å². The molecule has 0 aliphatic rings. The van der Waals surface area contributed by atoms with E-state index < -0.39 is 0 Å². The van der Waals surface area contributed by atoms with Crippen molar-refractivity contribution < 1.29 is 9.53 Å². The van der Waals surface area contributed by atoms with E-state index in [1.54, 1.807) is 7.11 Å². The van der Waals surface area contributed by atoms with E-state index in [9.17, 15) is 4.79 Å². The van der Waals surface area contributed by atoms with E-state index in [4.69, 9.17) is 4.74 Å². The minimum atomic E-state index is -0.112. The topological polar surface area (TPSA) is 63.2 Å². The SMILES string of the molecule is COc1ccccc1Nc1nc(C)c(C(=O)NCc2cc(C)ccc2C)s1. The van der Waals surface area contributed by atoms with Crippen LogP contribution in [0.1, 0.15) is 32.1 Å². The van der Waals surface area contributed by atoms with Crippen LogP contribution in [-0.2, 0) is 6.54 Å². The molecule has 0 spiro atoms. The molecule has 1 amide bonds. The fourth-order valence-electron chi connectivity index (χ4n) is 2.77. The van der Waals surface area contributed by atoms with Crippen molar-refractivity contribution in [1.82, 2.24) is 10.3 Å². The third-order valence-corrected chi connectivity index (χ3v) is 5.37. The van der Waals surface area contributed by atoms with Crippen molar-refractivity contribution in [1.29, 1.82) is 0 Å². The lowest BCUT2D eigenvalue weighted by Gasteiger charge is -2.08. The van der Waals surface area contributed by atoms with Gasteiger partial charge in [0.25, 0.3) is 5.91 Å². The number of aryl methyl sites for hydroxylation is 3. The molecule has 0 aliphatic carbocycles. The number of rotatable bonds is 6. The maximum Gasteiger partial charge on any atom is 0.263 e. The molecule has 3 aromatic rings. The number of thiazole rings is 1. The number of hydrogen-bond acceptors (Lipinski definition) is 5. The normalized spacial score (nSPS) is 10.5. The number of hydrogen-bond donors (Lipinski definition) is 2. The Morgan fingerprint density at radius 2 is 1.93 bits per heavy atom. The second-order valence-corrected chi connectivity index (χ2v) is 7.37. The van der Waals surface area contributed by atoms with Gasteiger partial charge in [-0.2, -0.15) is 0 Å². The first kappa shape index (κ1) is 18.9. The Morgan fingerprint density at radius 3 is 2.70 bits per heavy atom. The molecule has 0 atom stereocenters. The van der Waals surface area contributed by atoms with Gasteiger partial charge in [0.05, 0.1) is 18.5 Å². The van der Waals surface area contributed by atoms with Gasteiger partial charge in [-0.25, -0.2) is 4.98 Å². The number of aromatic nitrogens is 1. The average Bonchev–Trinajstić information content (AvgIpc) is 3.03. The van der Waals surface area contributed by atoms with Gasteiger partial charge in [0.1, 0.15) is 10.6 Å². The van der Waals surface area contributed by atoms with E-state index in [0.29, 0.717) is 22.2 Å². The van der Waals surface area contributed by atoms with Crippen molar-refractivity contribution in [2.45, 2.75) is 27.3 Å². The van der Waals surface area contributed by atoms with E-state index in [0.717, 1.165) is 17.0 Å². The van der Waals surface area contributed by atoms with E-state index in [1.165, 1.54) is 22.5 Å². The largest absolute Gasteiger partial charge is 0.495 e. The summed E-state index contributed by atoms with van der Waals surface area (Å²) < 4.78 is 5.35. The van der Waals surface area contributed by atoms with Crippen LogP contribution in [0, 0.1) is 20.8 Å². The zero-order valence-corrected chi connectivity index (χ0v) is 16.7. The molecule has 0 unspecified atom stereocenters. The van der Waals surface area contributed by atoms with Gasteiger partial charge in [-0.1, -0.05) is 47.2 Å². The Labute approximate surface area is 163 Å². The molecular formula is C21H23N3O2S. The Kier molecular flexibility index (Phi) is 5.76. The van der Waals surface area contributed by atoms with Crippen molar-refractivity contribution >= 4 is 28.1 Å². The predicted octanol–water partition coefficient (Wildman–Crippen LogP) is 4.75. The Hall–Kier alpha value is -2.86. The third kappa shape index (κ3) is 4.46. The monoisotopic (exact) mass is 381 g/mol. The molecule has 3 rings (SSSR count). The molecule has 0 radical (unpaired) electrons. The fourth-order valence-corrected chi connectivity index (χ4v) is 3.67. The summed E-state index contributed by atoms with van der Waals surface area (Å²) in [4.78, 5) is 17.7. The predicted molar refractivity (Wildman–Crippen MR) is 110 cm³/mol. The molecular weight excluding hydrogens is 358 g/mol. The number of nitrogens with zero attached hydrogens (tertiary/aromatic N) is 1. The first-order chi connectivity index (χ1) is 13.0. The zero-order chi connectivity index (χ0) is 19.4. The standard InChI is InChI=1S/C21H23N3O2S/c1-13-9-10-14(2)16(11-13)12-22-20(25)19-15(3)23-21(27-19)24-17-7-5-6-8-18(17)26-4/h5-11H,12H2,1-4H3,(H,22,25)(H,23,24). The highest BCUT2D eigenvalue weighted by atomic mass is 32.1. The van der Waals surface area contributed by atoms with Crippen LogP contribution < -0.4 is 15.4 Å². The van der Waals surface area contributed by atoms with Crippen LogP contribution in [0.15, 0.2) is 42.5 Å². The molecule has 0 fully saturated rings. The molecule has 0 aliphatic heterocycles. The van der Waals surface area contributed by atoms with E-state index in [-0.39, 0.29) is 5.91 Å². The fraction of sp³-hybridized carbons (Fsp3) is 0.238. The van der Waals surface area contributed by atoms with Gasteiger partial charge in [-0.3, -0.25) is 4.79 Å². The summed E-state index contributed by atoms with van der Waals surface area (Å²) >= 11 is 1.33. The lowest BCUT2D eigenvalue weighted by molar-refractivity contribution is 0.0954. The van der Waals surface area contributed by atoms with Crippen LogP contribution in [0.2, 0.25) is 0 Å². The first-order valence-electron chi connectivity index (χ1n) is 8.69. The van der Waals surface area contributed by atoms with Crippen LogP contribution in [-0.4, -0.2) is 18.0 Å². The van der Waals surface area contributed by atoms with Gasteiger partial charge in [0, 0.05) is 6.54 Å². The van der Waals surface area contributed by atoms with E-state index >= 15 is 0 Å². The van der Waals surface area contributed by atoms with E-state index in [1.807, 2.05) is 45.0 Å². The van der Waals surface area contributed by atoms with Crippen molar-refractivity contribution in [2.24, 2.45) is 0 Å². The summed E-state index contributed by atoms with van der Waals surface area (Å²) in [6.07, 6.45) is 0. The van der Waals surface area contributed by atoms with Crippen LogP contribution in [0.3, 0.4) is 0 Å². The summed E-state index contributed by atoms with van der Waals surface area (Å²) in [5, 5.41) is 6.90. The quantitative estimate of drug-likeness (QED) is 0.647. The maximum absolute atomic E-state index is 12.6. The van der Waals surface area contributed by atoms with Crippen molar-refractivity contribution in [3.63, 3.8) is 0 Å². The molecule has 2 aromatic carbocycles. The smallest absolute Gasteiger partial charge is 0.263 e. The number of carbonyl (C=O) groups is 1. The highest BCUT2D eigenvalue weighted by molar-refractivity contribution is 7.17. The first-order valence-corrected chi connectivity index (χ1v) is 9.51. The third-order valence-electron chi connectivity index (χ3n) is 4.30. The second-order valence-electron chi connectivity index (χ2n) is 6.37. The Bertz CT molecular complexity index is 966. The van der Waals surface area contributed by atoms with Crippen molar-refractivity contribution in [3.05, 3.63) is 69.7 Å².